The van der Waals surface area contributed by atoms with Crippen LogP contribution in [0.3, 0.4) is 0 Å². The molecule has 11 heteroatoms. The van der Waals surface area contributed by atoms with Crippen molar-refractivity contribution in [1.29, 1.82) is 0 Å². The monoisotopic (exact) mass is 456 g/mol. The first-order valence-corrected chi connectivity index (χ1v) is 9.75. The second-order valence-electron chi connectivity index (χ2n) is 6.93. The Labute approximate surface area is 179 Å². The van der Waals surface area contributed by atoms with Gasteiger partial charge in [0.2, 0.25) is 11.6 Å². The van der Waals surface area contributed by atoms with Crippen LogP contribution in [0.25, 0.3) is 6.08 Å². The number of hydrogen-bond donors (Lipinski definition) is 1. The molecule has 2 aliphatic heterocycles. The second-order valence-corrected chi connectivity index (χ2v) is 7.32. The van der Waals surface area contributed by atoms with Gasteiger partial charge in [0.05, 0.1) is 12.6 Å². The first-order chi connectivity index (χ1) is 14.8. The lowest BCUT2D eigenvalue weighted by Gasteiger charge is -2.18. The summed E-state index contributed by atoms with van der Waals surface area (Å²) in [5.41, 5.74) is 0.189. The Morgan fingerprint density at radius 1 is 1.23 bits per heavy atom. The third kappa shape index (κ3) is 4.42. The van der Waals surface area contributed by atoms with Gasteiger partial charge < -0.3 is 19.2 Å². The molecule has 2 saturated heterocycles. The van der Waals surface area contributed by atoms with Crippen molar-refractivity contribution < 1.29 is 36.2 Å². The average Bonchev–Trinajstić information content (AvgIpc) is 3.46. The molecular weight excluding hydrogens is 440 g/mol. The van der Waals surface area contributed by atoms with Crippen LogP contribution in [-0.2, 0) is 16.1 Å². The number of amides is 1. The van der Waals surface area contributed by atoms with Crippen LogP contribution in [0.4, 0.5) is 17.6 Å². The fraction of sp³-hybridized carbons (Fsp3) is 0.300. The van der Waals surface area contributed by atoms with Gasteiger partial charge in [-0.05, 0) is 37.2 Å². The zero-order valence-electron chi connectivity index (χ0n) is 15.9. The Kier molecular flexibility index (Phi) is 5.96. The number of furan rings is 1. The van der Waals surface area contributed by atoms with Crippen molar-refractivity contribution in [2.24, 2.45) is 0 Å². The molecule has 2 fully saturated rings. The predicted molar refractivity (Wildman–Crippen MR) is 104 cm³/mol. The Balaban J connectivity index is 1.43. The minimum absolute atomic E-state index is 0.0659. The molecule has 1 aromatic carbocycles. The highest BCUT2D eigenvalue weighted by molar-refractivity contribution is 7.80. The second kappa shape index (κ2) is 8.67. The number of hydrogen-bond acceptors (Lipinski definition) is 5. The van der Waals surface area contributed by atoms with Gasteiger partial charge >= 0.3 is 0 Å². The van der Waals surface area contributed by atoms with Crippen LogP contribution in [-0.4, -0.2) is 35.2 Å². The van der Waals surface area contributed by atoms with E-state index in [-0.39, 0.29) is 40.4 Å². The molecule has 1 N–H and O–H groups in total. The van der Waals surface area contributed by atoms with Crippen molar-refractivity contribution in [3.63, 3.8) is 0 Å². The zero-order chi connectivity index (χ0) is 22.1. The van der Waals surface area contributed by atoms with E-state index in [2.05, 4.69) is 5.32 Å². The number of nitrogens with zero attached hydrogens (tertiary/aromatic N) is 1. The molecule has 1 aromatic heterocycles. The van der Waals surface area contributed by atoms with Crippen LogP contribution >= 0.6 is 12.2 Å². The van der Waals surface area contributed by atoms with Crippen molar-refractivity contribution in [2.45, 2.75) is 25.6 Å². The fourth-order valence-electron chi connectivity index (χ4n) is 3.24. The largest absolute Gasteiger partial charge is 0.479 e. The topological polar surface area (TPSA) is 63.9 Å². The molecule has 0 aliphatic carbocycles. The minimum Gasteiger partial charge on any atom is -0.479 e. The molecule has 2 aliphatic rings. The standard InChI is InChI=1S/C20H16F4N2O4S/c21-13-7-14(22)17(24)18(16(13)23)29-9-12-4-3-10(30-12)6-15-19(27)26(20(31)25-15)8-11-2-1-5-28-11/h3-4,6-7,11H,1-2,5,8-9H2,(H,25,31)/b15-6+. The quantitative estimate of drug-likeness (QED) is 0.310. The summed E-state index contributed by atoms with van der Waals surface area (Å²) >= 11 is 5.21. The Morgan fingerprint density at radius 3 is 2.65 bits per heavy atom. The number of carbonyl (C=O) groups is 1. The van der Waals surface area contributed by atoms with E-state index in [4.69, 9.17) is 26.1 Å². The van der Waals surface area contributed by atoms with Gasteiger partial charge in [0.25, 0.3) is 5.91 Å². The third-order valence-corrected chi connectivity index (χ3v) is 5.09. The van der Waals surface area contributed by atoms with Gasteiger partial charge in [-0.25, -0.2) is 8.78 Å². The molecule has 164 valence electrons. The van der Waals surface area contributed by atoms with Crippen LogP contribution < -0.4 is 10.1 Å². The fourth-order valence-corrected chi connectivity index (χ4v) is 3.51. The van der Waals surface area contributed by atoms with Crippen LogP contribution in [0.15, 0.2) is 28.3 Å². The van der Waals surface area contributed by atoms with E-state index in [1.807, 2.05) is 0 Å². The smallest absolute Gasteiger partial charge is 0.276 e. The number of halogens is 4. The van der Waals surface area contributed by atoms with Crippen molar-refractivity contribution in [3.8, 4) is 5.75 Å². The van der Waals surface area contributed by atoms with Gasteiger partial charge in [0.15, 0.2) is 22.5 Å². The molecule has 31 heavy (non-hydrogen) atoms. The van der Waals surface area contributed by atoms with Crippen LogP contribution in [0.2, 0.25) is 0 Å². The van der Waals surface area contributed by atoms with Gasteiger partial charge in [-0.3, -0.25) is 9.69 Å². The summed E-state index contributed by atoms with van der Waals surface area (Å²) in [7, 11) is 0. The molecule has 4 rings (SSSR count). The minimum atomic E-state index is -1.65. The molecular formula is C20H16F4N2O4S. The lowest BCUT2D eigenvalue weighted by molar-refractivity contribution is -0.123. The molecule has 0 radical (unpaired) electrons. The number of thiocarbonyl (C=S) groups is 1. The van der Waals surface area contributed by atoms with E-state index < -0.39 is 35.6 Å². The maximum Gasteiger partial charge on any atom is 0.276 e. The molecule has 1 atom stereocenters. The zero-order valence-corrected chi connectivity index (χ0v) is 16.7. The van der Waals surface area contributed by atoms with Gasteiger partial charge in [-0.2, -0.15) is 8.78 Å². The first kappa shape index (κ1) is 21.3. The van der Waals surface area contributed by atoms with Gasteiger partial charge in [-0.1, -0.05) is 0 Å². The maximum atomic E-state index is 13.7. The Bertz CT molecular complexity index is 1040. The molecule has 0 saturated carbocycles. The van der Waals surface area contributed by atoms with Crippen molar-refractivity contribution in [3.05, 3.63) is 58.7 Å². The summed E-state index contributed by atoms with van der Waals surface area (Å²) < 4.78 is 69.7. The van der Waals surface area contributed by atoms with Gasteiger partial charge in [0, 0.05) is 18.7 Å². The number of rotatable bonds is 6. The van der Waals surface area contributed by atoms with E-state index in [9.17, 15) is 22.4 Å². The SMILES string of the molecule is O=C1/C(=C\c2ccc(COc3c(F)c(F)cc(F)c3F)o2)NC(=S)N1CC1CCCO1. The molecule has 0 spiro atoms. The summed E-state index contributed by atoms with van der Waals surface area (Å²) in [6.07, 6.45) is 3.13. The predicted octanol–water partition coefficient (Wildman–Crippen LogP) is 3.65. The third-order valence-electron chi connectivity index (χ3n) is 4.77. The summed E-state index contributed by atoms with van der Waals surface area (Å²) in [6.45, 7) is 0.508. The maximum absolute atomic E-state index is 13.7. The van der Waals surface area contributed by atoms with Gasteiger partial charge in [0.1, 0.15) is 23.8 Å². The van der Waals surface area contributed by atoms with E-state index >= 15 is 0 Å². The van der Waals surface area contributed by atoms with Crippen molar-refractivity contribution >= 4 is 29.3 Å². The highest BCUT2D eigenvalue weighted by Gasteiger charge is 2.33. The van der Waals surface area contributed by atoms with Crippen LogP contribution in [0.1, 0.15) is 24.4 Å². The van der Waals surface area contributed by atoms with Crippen LogP contribution in [0.5, 0.6) is 5.75 Å². The van der Waals surface area contributed by atoms with Crippen molar-refractivity contribution in [2.75, 3.05) is 13.2 Å². The lowest BCUT2D eigenvalue weighted by atomic mass is 10.2. The average molecular weight is 456 g/mol. The number of benzene rings is 1. The summed E-state index contributed by atoms with van der Waals surface area (Å²) in [4.78, 5) is 14.0. The molecule has 1 unspecified atom stereocenters. The number of ether oxygens (including phenoxy) is 2. The molecule has 6 nitrogen and oxygen atoms in total. The summed E-state index contributed by atoms with van der Waals surface area (Å²) in [6, 6.07) is 3.01. The lowest BCUT2D eigenvalue weighted by Crippen LogP contribution is -2.37. The van der Waals surface area contributed by atoms with Crippen LogP contribution in [0, 0.1) is 23.3 Å². The number of carbonyl (C=O) groups excluding carboxylic acids is 1. The summed E-state index contributed by atoms with van der Waals surface area (Å²) in [5.74, 6) is -7.62. The van der Waals surface area contributed by atoms with E-state index in [0.717, 1.165) is 12.8 Å². The summed E-state index contributed by atoms with van der Waals surface area (Å²) in [5, 5.41) is 3.06. The normalized spacial score (nSPS) is 20.1. The Hall–Kier alpha value is -2.92. The Morgan fingerprint density at radius 2 is 1.97 bits per heavy atom. The number of nitrogens with one attached hydrogen (secondary N) is 1. The first-order valence-electron chi connectivity index (χ1n) is 9.34. The van der Waals surface area contributed by atoms with Gasteiger partial charge in [-0.15, -0.1) is 0 Å². The molecule has 2 aromatic rings. The van der Waals surface area contributed by atoms with E-state index in [0.29, 0.717) is 13.2 Å². The van der Waals surface area contributed by atoms with E-state index in [1.54, 1.807) is 0 Å². The highest BCUT2D eigenvalue weighted by Crippen LogP contribution is 2.27. The van der Waals surface area contributed by atoms with E-state index in [1.165, 1.54) is 23.1 Å². The highest BCUT2D eigenvalue weighted by atomic mass is 32.1. The molecule has 1 amide bonds. The molecule has 0 bridgehead atoms. The molecule has 3 heterocycles. The van der Waals surface area contributed by atoms with Crippen molar-refractivity contribution in [1.82, 2.24) is 10.2 Å².